The summed E-state index contributed by atoms with van der Waals surface area (Å²) < 4.78 is 0. The van der Waals surface area contributed by atoms with Crippen molar-refractivity contribution in [3.8, 4) is 11.1 Å². The Balaban J connectivity index is -0.00000200. The fourth-order valence-corrected chi connectivity index (χ4v) is 6.66. The molecule has 5 rings (SSSR count). The molecule has 0 unspecified atom stereocenters. The summed E-state index contributed by atoms with van der Waals surface area (Å²) in [5.74, 6) is 0. The predicted octanol–water partition coefficient (Wildman–Crippen LogP) is 13.7. The molecule has 0 spiro atoms. The van der Waals surface area contributed by atoms with E-state index in [1.807, 2.05) is 69.2 Å². The van der Waals surface area contributed by atoms with Gasteiger partial charge in [0.15, 0.2) is 0 Å². The molecule has 1 nitrogen and oxygen atoms in total. The number of para-hydroxylation sites is 1. The van der Waals surface area contributed by atoms with Crippen molar-refractivity contribution in [2.45, 2.75) is 138 Å². The maximum Gasteiger partial charge on any atom is 0.209 e. The molecule has 0 N–H and O–H groups in total. The van der Waals surface area contributed by atoms with Crippen molar-refractivity contribution in [1.82, 2.24) is 0 Å². The zero-order chi connectivity index (χ0) is 39.6. The van der Waals surface area contributed by atoms with Crippen molar-refractivity contribution in [3.63, 3.8) is 0 Å². The Hall–Kier alpha value is -3.97. The fourth-order valence-electron chi connectivity index (χ4n) is 6.66. The summed E-state index contributed by atoms with van der Waals surface area (Å²) in [4.78, 5) is 2.43. The van der Waals surface area contributed by atoms with Crippen LogP contribution in [0.25, 0.3) is 11.1 Å². The lowest BCUT2D eigenvalue weighted by atomic mass is 9.37. The summed E-state index contributed by atoms with van der Waals surface area (Å²) in [7, 11) is 2.24. The van der Waals surface area contributed by atoms with Crippen LogP contribution in [-0.4, -0.2) is 20.5 Å². The largest absolute Gasteiger partial charge is 0.345 e. The Morgan fingerprint density at radius 1 is 0.407 bits per heavy atom. The van der Waals surface area contributed by atoms with E-state index in [1.54, 1.807) is 0 Å². The van der Waals surface area contributed by atoms with E-state index in [2.05, 4.69) is 162 Å². The molecule has 54 heavy (non-hydrogen) atoms. The van der Waals surface area contributed by atoms with Crippen LogP contribution in [0.1, 0.15) is 122 Å². The van der Waals surface area contributed by atoms with Gasteiger partial charge in [0, 0.05) is 24.0 Å². The minimum Gasteiger partial charge on any atom is -0.345 e. The molecule has 0 aromatic heterocycles. The number of aryl methyl sites for hydroxylation is 3. The Kier molecular flexibility index (Phi) is 31.6. The maximum atomic E-state index is 2.55. The second-order valence-corrected chi connectivity index (χ2v) is 11.5. The van der Waals surface area contributed by atoms with Crippen molar-refractivity contribution in [3.05, 3.63) is 132 Å². The SMILES string of the molecule is C.C.CC.CC.CC.CC.CC.CCc1ccccc1B(C)c1cc(B(C)c2ccccc2CC)c(N(C)c2ccccc2-c2ccccc2)cc1CC. The van der Waals surface area contributed by atoms with Crippen molar-refractivity contribution in [2.24, 2.45) is 0 Å². The Labute approximate surface area is 338 Å². The standard InChI is InChI=1S/C39H43B2N.5C2H6.2CH4/c1-7-29-19-13-16-24-34(29)40(4)36-28-37(41(5)35-25-17-14-20-30(35)8-2)39(27-31(36)9-3)42(6)38-26-18-15-23-33(38)32-21-11-10-12-22-32;5*1-2;;/h10-28H,7-9H2,1-6H3;5*1-2H3;2*1H4. The molecule has 0 aliphatic heterocycles. The van der Waals surface area contributed by atoms with Gasteiger partial charge in [-0.05, 0) is 37.0 Å². The molecule has 0 heterocycles. The van der Waals surface area contributed by atoms with Gasteiger partial charge in [-0.1, -0.05) is 260 Å². The van der Waals surface area contributed by atoms with Crippen LogP contribution in [0.15, 0.2) is 115 Å². The summed E-state index contributed by atoms with van der Waals surface area (Å²) in [5, 5.41) is 0. The Morgan fingerprint density at radius 3 is 1.26 bits per heavy atom. The highest BCUT2D eigenvalue weighted by Crippen LogP contribution is 2.34. The maximum absolute atomic E-state index is 2.55. The van der Waals surface area contributed by atoms with E-state index in [0.717, 1.165) is 19.3 Å². The minimum absolute atomic E-state index is 0. The van der Waals surface area contributed by atoms with Gasteiger partial charge in [0.05, 0.1) is 0 Å². The first-order valence-electron chi connectivity index (χ1n) is 20.7. The third-order valence-electron chi connectivity index (χ3n) is 9.12. The van der Waals surface area contributed by atoms with E-state index in [1.165, 1.54) is 61.0 Å². The van der Waals surface area contributed by atoms with E-state index in [4.69, 9.17) is 0 Å². The van der Waals surface area contributed by atoms with Gasteiger partial charge in [0.2, 0.25) is 13.4 Å². The van der Waals surface area contributed by atoms with Crippen molar-refractivity contribution >= 4 is 46.7 Å². The summed E-state index contributed by atoms with van der Waals surface area (Å²) in [6, 6.07) is 42.6. The normalized spacial score (nSPS) is 9.04. The second kappa shape index (κ2) is 31.4. The number of nitrogens with zero attached hydrogens (tertiary/aromatic N) is 1. The number of rotatable bonds is 10. The highest BCUT2D eigenvalue weighted by atomic mass is 15.1. The third kappa shape index (κ3) is 14.0. The number of hydrogen-bond acceptors (Lipinski definition) is 1. The second-order valence-electron chi connectivity index (χ2n) is 11.5. The van der Waals surface area contributed by atoms with Crippen LogP contribution in [0.3, 0.4) is 0 Å². The smallest absolute Gasteiger partial charge is 0.209 e. The van der Waals surface area contributed by atoms with Crippen LogP contribution in [0.2, 0.25) is 13.6 Å². The molecule has 0 bridgehead atoms. The van der Waals surface area contributed by atoms with Gasteiger partial charge < -0.3 is 4.90 Å². The monoisotopic (exact) mass is 730 g/mol. The van der Waals surface area contributed by atoms with Crippen LogP contribution in [0, 0.1) is 0 Å². The van der Waals surface area contributed by atoms with Crippen molar-refractivity contribution in [2.75, 3.05) is 11.9 Å². The van der Waals surface area contributed by atoms with Gasteiger partial charge in [-0.25, -0.2) is 0 Å². The molecule has 0 saturated carbocycles. The van der Waals surface area contributed by atoms with E-state index in [9.17, 15) is 0 Å². The molecule has 3 heteroatoms. The van der Waals surface area contributed by atoms with Crippen LogP contribution >= 0.6 is 0 Å². The number of benzene rings is 5. The molecule has 0 atom stereocenters. The van der Waals surface area contributed by atoms with Crippen LogP contribution in [0.4, 0.5) is 11.4 Å². The topological polar surface area (TPSA) is 3.24 Å². The minimum atomic E-state index is 0. The lowest BCUT2D eigenvalue weighted by Gasteiger charge is -2.30. The lowest BCUT2D eigenvalue weighted by Crippen LogP contribution is -2.49. The van der Waals surface area contributed by atoms with Crippen LogP contribution in [0.5, 0.6) is 0 Å². The van der Waals surface area contributed by atoms with Crippen molar-refractivity contribution < 1.29 is 0 Å². The Bertz CT molecular complexity index is 1640. The summed E-state index contributed by atoms with van der Waals surface area (Å²) in [6.07, 6.45) is 3.07. The van der Waals surface area contributed by atoms with Gasteiger partial charge in [-0.3, -0.25) is 0 Å². The zero-order valence-corrected chi connectivity index (χ0v) is 36.2. The average Bonchev–Trinajstić information content (AvgIpc) is 3.26. The average molecular weight is 730 g/mol. The first-order chi connectivity index (χ1) is 25.5. The van der Waals surface area contributed by atoms with Gasteiger partial charge in [-0.2, -0.15) is 0 Å². The summed E-state index contributed by atoms with van der Waals surface area (Å²) >= 11 is 0. The van der Waals surface area contributed by atoms with Gasteiger partial charge in [0.1, 0.15) is 0 Å². The van der Waals surface area contributed by atoms with E-state index < -0.39 is 0 Å². The van der Waals surface area contributed by atoms with Gasteiger partial charge in [0.25, 0.3) is 0 Å². The molecular formula is C51H81B2N. The molecule has 0 radical (unpaired) electrons. The predicted molar refractivity (Wildman–Crippen MR) is 259 cm³/mol. The molecule has 5 aromatic rings. The van der Waals surface area contributed by atoms with Crippen molar-refractivity contribution in [1.29, 1.82) is 0 Å². The third-order valence-corrected chi connectivity index (χ3v) is 9.12. The Morgan fingerprint density at radius 2 is 0.796 bits per heavy atom. The first-order valence-corrected chi connectivity index (χ1v) is 20.7. The molecule has 0 aliphatic carbocycles. The number of hydrogen-bond donors (Lipinski definition) is 0. The molecule has 0 saturated heterocycles. The fraction of sp³-hybridized carbons (Fsp3) is 0.412. The zero-order valence-electron chi connectivity index (χ0n) is 36.2. The molecule has 0 fully saturated rings. The molecule has 296 valence electrons. The van der Waals surface area contributed by atoms with Crippen LogP contribution < -0.4 is 26.8 Å². The summed E-state index contributed by atoms with van der Waals surface area (Å²) in [6.45, 7) is 32.2. The first kappa shape index (κ1) is 54.4. The van der Waals surface area contributed by atoms with Crippen LogP contribution in [-0.2, 0) is 19.3 Å². The molecule has 0 aliphatic rings. The highest BCUT2D eigenvalue weighted by molar-refractivity contribution is 6.88. The van der Waals surface area contributed by atoms with Gasteiger partial charge >= 0.3 is 0 Å². The van der Waals surface area contributed by atoms with Gasteiger partial charge in [-0.15, -0.1) is 0 Å². The molecule has 0 amide bonds. The van der Waals surface area contributed by atoms with E-state index in [-0.39, 0.29) is 21.6 Å². The molecule has 5 aromatic carbocycles. The quantitative estimate of drug-likeness (QED) is 0.129. The number of anilines is 2. The van der Waals surface area contributed by atoms with E-state index in [0.29, 0.717) is 6.71 Å². The summed E-state index contributed by atoms with van der Waals surface area (Å²) in [5.41, 5.74) is 15.0. The highest BCUT2D eigenvalue weighted by Gasteiger charge is 2.27. The van der Waals surface area contributed by atoms with E-state index >= 15 is 0 Å². The lowest BCUT2D eigenvalue weighted by molar-refractivity contribution is 1.14. The molecular weight excluding hydrogens is 648 g/mol.